The maximum absolute atomic E-state index is 12.0. The van der Waals surface area contributed by atoms with Gasteiger partial charge < -0.3 is 9.57 Å². The first-order valence-electron chi connectivity index (χ1n) is 6.37. The summed E-state index contributed by atoms with van der Waals surface area (Å²) < 4.78 is 5.05. The van der Waals surface area contributed by atoms with Crippen molar-refractivity contribution in [1.29, 1.82) is 0 Å². The molecule has 0 saturated heterocycles. The molecule has 1 N–H and O–H groups in total. The Morgan fingerprint density at radius 1 is 1.26 bits per heavy atom. The second-order valence-electron chi connectivity index (χ2n) is 5.87. The van der Waals surface area contributed by atoms with Crippen molar-refractivity contribution in [2.24, 2.45) is 5.92 Å². The molecule has 0 aromatic carbocycles. The van der Waals surface area contributed by atoms with E-state index in [0.717, 1.165) is 0 Å². The number of hydrogen-bond donors (Lipinski definition) is 1. The lowest BCUT2D eigenvalue weighted by Crippen LogP contribution is -2.48. The molecule has 6 heteroatoms. The third-order valence-electron chi connectivity index (χ3n) is 2.35. The molecule has 1 atom stereocenters. The predicted octanol–water partition coefficient (Wildman–Crippen LogP) is 1.95. The summed E-state index contributed by atoms with van der Waals surface area (Å²) in [6.07, 6.45) is -0.158. The number of hydrogen-bond acceptors (Lipinski definition) is 5. The average Bonchev–Trinajstić information content (AvgIpc) is 2.21. The van der Waals surface area contributed by atoms with E-state index in [0.29, 0.717) is 12.3 Å². The normalized spacial score (nSPS) is 13.5. The number of likely N-dealkylation sites (N-methyl/N-ethyl adjacent to an activating group) is 1. The SMILES string of the molecule is CON(C)[C@@H](CC(C)C)C(=O)NC(=O)OC(C)(C)C. The second-order valence-corrected chi connectivity index (χ2v) is 5.87. The van der Waals surface area contributed by atoms with E-state index in [-0.39, 0.29) is 0 Å². The van der Waals surface area contributed by atoms with Gasteiger partial charge >= 0.3 is 6.09 Å². The third-order valence-corrected chi connectivity index (χ3v) is 2.35. The van der Waals surface area contributed by atoms with Gasteiger partial charge in [0.25, 0.3) is 0 Å². The van der Waals surface area contributed by atoms with Crippen LogP contribution in [-0.2, 0) is 14.4 Å². The van der Waals surface area contributed by atoms with Gasteiger partial charge in [0.05, 0.1) is 7.11 Å². The number of alkyl carbamates (subject to hydrolysis) is 1. The first-order valence-corrected chi connectivity index (χ1v) is 6.37. The molecule has 0 aliphatic heterocycles. The molecule has 0 heterocycles. The standard InChI is InChI=1S/C13H26N2O4/c1-9(2)8-10(15(6)18-7)11(16)14-12(17)19-13(3,4)5/h9-10H,8H2,1-7H3,(H,14,16,17)/t10-/m0/s1. The first-order chi connectivity index (χ1) is 8.56. The number of nitrogens with zero attached hydrogens (tertiary/aromatic N) is 1. The highest BCUT2D eigenvalue weighted by atomic mass is 16.7. The van der Waals surface area contributed by atoms with Gasteiger partial charge in [0.2, 0.25) is 5.91 Å². The number of hydroxylamine groups is 2. The van der Waals surface area contributed by atoms with Crippen molar-refractivity contribution in [1.82, 2.24) is 10.4 Å². The van der Waals surface area contributed by atoms with E-state index in [2.05, 4.69) is 5.32 Å². The van der Waals surface area contributed by atoms with Gasteiger partial charge in [0, 0.05) is 7.05 Å². The Hall–Kier alpha value is -1.14. The fourth-order valence-corrected chi connectivity index (χ4v) is 1.48. The number of nitrogens with one attached hydrogen (secondary N) is 1. The van der Waals surface area contributed by atoms with Crippen LogP contribution in [0.1, 0.15) is 41.0 Å². The summed E-state index contributed by atoms with van der Waals surface area (Å²) in [5.74, 6) is -0.126. The van der Waals surface area contributed by atoms with Crippen molar-refractivity contribution >= 4 is 12.0 Å². The molecule has 0 aromatic heterocycles. The van der Waals surface area contributed by atoms with Crippen LogP contribution in [0, 0.1) is 5.92 Å². The number of carbonyl (C=O) groups excluding carboxylic acids is 2. The van der Waals surface area contributed by atoms with Crippen molar-refractivity contribution in [3.63, 3.8) is 0 Å². The summed E-state index contributed by atoms with van der Waals surface area (Å²) in [5.41, 5.74) is -0.634. The van der Waals surface area contributed by atoms with Gasteiger partial charge in [-0.25, -0.2) is 4.79 Å². The monoisotopic (exact) mass is 274 g/mol. The Balaban J connectivity index is 4.60. The molecule has 0 aliphatic carbocycles. The molecule has 2 amide bonds. The van der Waals surface area contributed by atoms with E-state index in [1.807, 2.05) is 13.8 Å². The molecule has 0 bridgehead atoms. The van der Waals surface area contributed by atoms with Crippen molar-refractivity contribution in [2.75, 3.05) is 14.2 Å². The largest absolute Gasteiger partial charge is 0.444 e. The predicted molar refractivity (Wildman–Crippen MR) is 72.4 cm³/mol. The van der Waals surface area contributed by atoms with Gasteiger partial charge in [-0.15, -0.1) is 0 Å². The van der Waals surface area contributed by atoms with Crippen LogP contribution in [0.15, 0.2) is 0 Å². The molecule has 0 fully saturated rings. The highest BCUT2D eigenvalue weighted by Crippen LogP contribution is 2.11. The number of imide groups is 1. The minimum atomic E-state index is -0.740. The highest BCUT2D eigenvalue weighted by Gasteiger charge is 2.27. The first kappa shape index (κ1) is 17.9. The van der Waals surface area contributed by atoms with Gasteiger partial charge in [-0.1, -0.05) is 13.8 Å². The summed E-state index contributed by atoms with van der Waals surface area (Å²) in [6.45, 7) is 9.21. The summed E-state index contributed by atoms with van der Waals surface area (Å²) in [4.78, 5) is 28.6. The number of rotatable bonds is 5. The molecule has 6 nitrogen and oxygen atoms in total. The van der Waals surface area contributed by atoms with Crippen molar-refractivity contribution in [2.45, 2.75) is 52.7 Å². The van der Waals surface area contributed by atoms with Crippen LogP contribution < -0.4 is 5.32 Å². The minimum Gasteiger partial charge on any atom is -0.444 e. The Morgan fingerprint density at radius 2 is 1.79 bits per heavy atom. The lowest BCUT2D eigenvalue weighted by atomic mass is 10.0. The minimum absolute atomic E-state index is 0.298. The number of amides is 2. The Kier molecular flexibility index (Phi) is 7.00. The lowest BCUT2D eigenvalue weighted by Gasteiger charge is -2.26. The summed E-state index contributed by atoms with van der Waals surface area (Å²) in [5, 5.41) is 3.67. The van der Waals surface area contributed by atoms with Gasteiger partial charge in [0.15, 0.2) is 0 Å². The fourth-order valence-electron chi connectivity index (χ4n) is 1.48. The molecular weight excluding hydrogens is 248 g/mol. The Bertz CT molecular complexity index is 310. The number of carbonyl (C=O) groups is 2. The average molecular weight is 274 g/mol. The van der Waals surface area contributed by atoms with E-state index in [1.54, 1.807) is 27.8 Å². The third kappa shape index (κ3) is 7.79. The van der Waals surface area contributed by atoms with Crippen LogP contribution in [0.5, 0.6) is 0 Å². The maximum atomic E-state index is 12.0. The zero-order chi connectivity index (χ0) is 15.2. The van der Waals surface area contributed by atoms with Crippen molar-refractivity contribution < 1.29 is 19.2 Å². The maximum Gasteiger partial charge on any atom is 0.414 e. The van der Waals surface area contributed by atoms with Crippen LogP contribution in [-0.4, -0.2) is 42.9 Å². The summed E-state index contributed by atoms with van der Waals surface area (Å²) >= 11 is 0. The highest BCUT2D eigenvalue weighted by molar-refractivity contribution is 5.94. The smallest absolute Gasteiger partial charge is 0.414 e. The van der Waals surface area contributed by atoms with E-state index in [4.69, 9.17) is 9.57 Å². The van der Waals surface area contributed by atoms with Crippen molar-refractivity contribution in [3.05, 3.63) is 0 Å². The Labute approximate surface area is 115 Å². The molecular formula is C13H26N2O4. The topological polar surface area (TPSA) is 67.9 Å². The summed E-state index contributed by atoms with van der Waals surface area (Å²) in [7, 11) is 3.13. The van der Waals surface area contributed by atoms with Crippen LogP contribution in [0.2, 0.25) is 0 Å². The molecule has 0 radical (unpaired) electrons. The Morgan fingerprint density at radius 3 is 2.16 bits per heavy atom. The lowest BCUT2D eigenvalue weighted by molar-refractivity contribution is -0.163. The van der Waals surface area contributed by atoms with E-state index in [9.17, 15) is 9.59 Å². The van der Waals surface area contributed by atoms with Crippen LogP contribution in [0.25, 0.3) is 0 Å². The van der Waals surface area contributed by atoms with Gasteiger partial charge in [-0.2, -0.15) is 5.06 Å². The molecule has 19 heavy (non-hydrogen) atoms. The molecule has 0 saturated carbocycles. The zero-order valence-electron chi connectivity index (χ0n) is 12.9. The quantitative estimate of drug-likeness (QED) is 0.776. The molecule has 0 spiro atoms. The van der Waals surface area contributed by atoms with Gasteiger partial charge in [-0.3, -0.25) is 10.1 Å². The zero-order valence-corrected chi connectivity index (χ0v) is 12.9. The molecule has 0 aliphatic rings. The van der Waals surface area contributed by atoms with Crippen LogP contribution in [0.4, 0.5) is 4.79 Å². The fraction of sp³-hybridized carbons (Fsp3) is 0.846. The number of ether oxygens (including phenoxy) is 1. The van der Waals surface area contributed by atoms with E-state index >= 15 is 0 Å². The molecule has 112 valence electrons. The van der Waals surface area contributed by atoms with E-state index in [1.165, 1.54) is 12.2 Å². The molecule has 0 rings (SSSR count). The van der Waals surface area contributed by atoms with Crippen LogP contribution >= 0.6 is 0 Å². The second kappa shape index (κ2) is 7.45. The summed E-state index contributed by atoms with van der Waals surface area (Å²) in [6, 6.07) is -0.530. The molecule has 0 unspecified atom stereocenters. The van der Waals surface area contributed by atoms with Gasteiger partial charge in [-0.05, 0) is 33.1 Å². The van der Waals surface area contributed by atoms with Crippen LogP contribution in [0.3, 0.4) is 0 Å². The van der Waals surface area contributed by atoms with Gasteiger partial charge in [0.1, 0.15) is 11.6 Å². The van der Waals surface area contributed by atoms with E-state index < -0.39 is 23.6 Å². The molecule has 0 aromatic rings. The van der Waals surface area contributed by atoms with Crippen molar-refractivity contribution in [3.8, 4) is 0 Å².